The van der Waals surface area contributed by atoms with Gasteiger partial charge in [0.25, 0.3) is 0 Å². The number of nitrogens with one attached hydrogen (secondary N) is 2. The van der Waals surface area contributed by atoms with Crippen molar-refractivity contribution in [1.82, 2.24) is 39.2 Å². The smallest absolute Gasteiger partial charge is 0.323 e. The van der Waals surface area contributed by atoms with Crippen LogP contribution >= 0.6 is 0 Å². The number of carbonyl (C=O) groups excluding carboxylic acids is 3. The Bertz CT molecular complexity index is 3130. The Kier molecular flexibility index (Phi) is 19.2. The summed E-state index contributed by atoms with van der Waals surface area (Å²) in [6, 6.07) is 5.93. The Morgan fingerprint density at radius 3 is 1.78 bits per heavy atom. The zero-order chi connectivity index (χ0) is 57.5. The van der Waals surface area contributed by atoms with Crippen LogP contribution in [0.4, 0.5) is 0 Å². The maximum Gasteiger partial charge on any atom is 0.323 e. The number of fused-ring (bicyclic) bond motifs is 8. The molecule has 3 aromatic rings. The molecule has 422 valence electrons. The van der Waals surface area contributed by atoms with E-state index in [1.165, 1.54) is 4.57 Å². The molecule has 3 unspecified atom stereocenters. The molecule has 6 heterocycles. The molecule has 0 saturated heterocycles. The van der Waals surface area contributed by atoms with E-state index in [0.717, 1.165) is 64.5 Å². The van der Waals surface area contributed by atoms with Gasteiger partial charge in [0.05, 0.1) is 34.0 Å². The van der Waals surface area contributed by atoms with Gasteiger partial charge in [-0.05, 0) is 93.8 Å². The minimum absolute atomic E-state index is 0.111. The van der Waals surface area contributed by atoms with Crippen LogP contribution in [0.5, 0.6) is 11.8 Å². The molecular formula is C56H74N8O14. The van der Waals surface area contributed by atoms with Crippen molar-refractivity contribution in [3.8, 4) is 23.0 Å². The Morgan fingerprint density at radius 1 is 0.679 bits per heavy atom. The van der Waals surface area contributed by atoms with E-state index in [4.69, 9.17) is 14.7 Å². The number of aryl methyl sites for hydroxylation is 4. The minimum atomic E-state index is -1.57. The zero-order valence-electron chi connectivity index (χ0n) is 46.0. The monoisotopic (exact) mass is 1080 g/mol. The lowest BCUT2D eigenvalue weighted by atomic mass is 9.71. The molecule has 0 aliphatic carbocycles. The highest BCUT2D eigenvalue weighted by Gasteiger charge is 2.45. The second-order valence-electron chi connectivity index (χ2n) is 20.6. The van der Waals surface area contributed by atoms with E-state index in [1.807, 2.05) is 53.7 Å². The predicted octanol–water partition coefficient (Wildman–Crippen LogP) is 7.52. The van der Waals surface area contributed by atoms with Crippen LogP contribution in [0.3, 0.4) is 0 Å². The van der Waals surface area contributed by atoms with Gasteiger partial charge in [-0.2, -0.15) is 0 Å². The number of aliphatic carboxylic acids is 4. The van der Waals surface area contributed by atoms with Crippen molar-refractivity contribution in [3.63, 3.8) is 0 Å². The first-order valence-corrected chi connectivity index (χ1v) is 26.6. The average Bonchev–Trinajstić information content (AvgIpc) is 4.16. The van der Waals surface area contributed by atoms with E-state index in [0.29, 0.717) is 74.1 Å². The van der Waals surface area contributed by atoms with Crippen LogP contribution < -0.4 is 0 Å². The van der Waals surface area contributed by atoms with Crippen molar-refractivity contribution in [2.75, 3.05) is 45.9 Å². The van der Waals surface area contributed by atoms with Gasteiger partial charge in [-0.1, -0.05) is 60.3 Å². The molecule has 3 atom stereocenters. The third kappa shape index (κ3) is 12.8. The molecule has 3 aliphatic heterocycles. The predicted molar refractivity (Wildman–Crippen MR) is 290 cm³/mol. The first-order chi connectivity index (χ1) is 36.9. The normalized spacial score (nSPS) is 15.2. The van der Waals surface area contributed by atoms with Crippen molar-refractivity contribution in [2.45, 2.75) is 144 Å². The molecule has 0 fully saturated rings. The van der Waals surface area contributed by atoms with Gasteiger partial charge in [0.2, 0.25) is 29.5 Å². The van der Waals surface area contributed by atoms with E-state index in [-0.39, 0.29) is 41.9 Å². The highest BCUT2D eigenvalue weighted by atomic mass is 16.5. The number of carboxylic acid groups (broad SMARTS) is 4. The molecule has 6 rings (SSSR count). The molecule has 78 heavy (non-hydrogen) atoms. The summed E-state index contributed by atoms with van der Waals surface area (Å²) >= 11 is 0. The molecule has 0 saturated carbocycles. The number of hydrogen-bond donors (Lipinski definition) is 8. The number of H-pyrrole nitrogens is 2. The minimum Gasteiger partial charge on any atom is -0.494 e. The number of aromatic hydroxyl groups is 2. The number of aromatic nitrogens is 5. The third-order valence-corrected chi connectivity index (χ3v) is 15.3. The molecule has 8 N–H and O–H groups in total. The number of hydrogen-bond acceptors (Lipinski definition) is 12. The van der Waals surface area contributed by atoms with E-state index in [1.54, 1.807) is 0 Å². The van der Waals surface area contributed by atoms with Crippen molar-refractivity contribution in [2.24, 2.45) is 0 Å². The molecule has 0 radical (unpaired) electrons. The summed E-state index contributed by atoms with van der Waals surface area (Å²) in [4.78, 5) is 109. The summed E-state index contributed by atoms with van der Waals surface area (Å²) in [6.07, 6.45) is 5.19. The van der Waals surface area contributed by atoms with E-state index in [9.17, 15) is 64.2 Å². The number of ether oxygens (including phenoxy) is 1. The van der Waals surface area contributed by atoms with E-state index < -0.39 is 98.6 Å². The summed E-state index contributed by atoms with van der Waals surface area (Å²) < 4.78 is 7.94. The number of carboxylic acids is 4. The van der Waals surface area contributed by atoms with Gasteiger partial charge in [-0.25, -0.2) is 4.98 Å². The Morgan fingerprint density at radius 2 is 1.23 bits per heavy atom. The average molecular weight is 1080 g/mol. The van der Waals surface area contributed by atoms with Crippen LogP contribution in [-0.2, 0) is 56.7 Å². The van der Waals surface area contributed by atoms with E-state index in [2.05, 4.69) is 36.8 Å². The summed E-state index contributed by atoms with van der Waals surface area (Å²) in [5.74, 6) is -10.6. The van der Waals surface area contributed by atoms with Crippen LogP contribution in [0.2, 0.25) is 0 Å². The number of amides is 3. The van der Waals surface area contributed by atoms with Crippen LogP contribution in [-0.4, -0.2) is 157 Å². The molecule has 22 heteroatoms. The summed E-state index contributed by atoms with van der Waals surface area (Å²) in [6.45, 7) is 12.3. The first-order valence-electron chi connectivity index (χ1n) is 26.6. The van der Waals surface area contributed by atoms with Crippen LogP contribution in [0, 0.1) is 20.8 Å². The zero-order valence-corrected chi connectivity index (χ0v) is 46.0. The maximum absolute atomic E-state index is 14.8. The lowest BCUT2D eigenvalue weighted by molar-refractivity contribution is -0.153. The lowest BCUT2D eigenvalue weighted by Crippen LogP contribution is -2.51. The van der Waals surface area contributed by atoms with Crippen LogP contribution in [0.15, 0.2) is 18.2 Å². The van der Waals surface area contributed by atoms with Gasteiger partial charge in [0.1, 0.15) is 39.3 Å². The fourth-order valence-electron chi connectivity index (χ4n) is 10.6. The summed E-state index contributed by atoms with van der Waals surface area (Å²) in [7, 11) is 0. The number of nitrogens with zero attached hydrogens (tertiary/aromatic N) is 6. The van der Waals surface area contributed by atoms with Crippen molar-refractivity contribution in [3.05, 3.63) is 57.4 Å². The summed E-state index contributed by atoms with van der Waals surface area (Å²) in [5, 5.41) is 63.1. The van der Waals surface area contributed by atoms with E-state index >= 15 is 0 Å². The highest BCUT2D eigenvalue weighted by molar-refractivity contribution is 5.97. The fraction of sp³-hybridized carbons (Fsp3) is 0.518. The van der Waals surface area contributed by atoms with Gasteiger partial charge in [0.15, 0.2) is 0 Å². The molecule has 0 aromatic carbocycles. The number of pyridine rings is 1. The standard InChI is InChI=1S/C56H74N8O14/c1-10-13-15-16-20-78-34(8)49-31(5)37-21-39-33(7)56(9,18-17-42(65)61(24-43(66)62(26-45(68)69)27-46(70)71)25-44(67)63(28-47(72)73)29-48(74)75)53(60-39)51-52-50(54(76)64(55(51)77)19-14-11-2)32(6)38(59-52)22-40-35(12-3)30(4)36(57-40)23-41(49)58-37/h21-23,33-34,57-58,76-77H,10-20,24-29H2,1-9H3,(H,68,69)(H,70,71)(H,72,73)(H,74,75). The Labute approximate surface area is 451 Å². The van der Waals surface area contributed by atoms with Crippen LogP contribution in [0.25, 0.3) is 44.2 Å². The molecule has 22 nitrogen and oxygen atoms in total. The highest BCUT2D eigenvalue weighted by Crippen LogP contribution is 2.53. The Balaban J connectivity index is 1.62. The summed E-state index contributed by atoms with van der Waals surface area (Å²) in [5.41, 5.74) is 8.47. The van der Waals surface area contributed by atoms with Gasteiger partial charge >= 0.3 is 23.9 Å². The fourth-order valence-corrected chi connectivity index (χ4v) is 10.6. The van der Waals surface area contributed by atoms with Gasteiger partial charge < -0.3 is 60.0 Å². The first kappa shape index (κ1) is 59.5. The van der Waals surface area contributed by atoms with Crippen molar-refractivity contribution in [1.29, 1.82) is 0 Å². The van der Waals surface area contributed by atoms with Gasteiger partial charge in [0, 0.05) is 64.2 Å². The second kappa shape index (κ2) is 25.2. The van der Waals surface area contributed by atoms with Crippen molar-refractivity contribution >= 4 is 74.6 Å². The molecule has 8 bridgehead atoms. The Hall–Kier alpha value is -7.75. The maximum atomic E-state index is 14.8. The molecule has 3 aromatic heterocycles. The topological polar surface area (TPSA) is 322 Å². The quantitative estimate of drug-likeness (QED) is 0.0248. The van der Waals surface area contributed by atoms with Crippen molar-refractivity contribution < 1.29 is 68.9 Å². The van der Waals surface area contributed by atoms with Gasteiger partial charge in [-0.3, -0.25) is 43.1 Å². The lowest BCUT2D eigenvalue weighted by Gasteiger charge is -2.32. The molecule has 3 amide bonds. The molecular weight excluding hydrogens is 1010 g/mol. The SMILES string of the molecule is CCCCCCOC(C)c1c(C)c2cc3nc(c4c5nc(cc6[nH]c(cc1[nH]2)c(C)c6CC)c(C)c-5c(O)n(CCCC)c4O)C(C)(CCC(=O)N(CC(=O)N(CC(=O)O)CC(=O)O)CC(=O)N(CC(=O)O)CC(=O)O)C3C. The number of rotatable bonds is 26. The second-order valence-corrected chi connectivity index (χ2v) is 20.6. The van der Waals surface area contributed by atoms with Crippen LogP contribution in [0.1, 0.15) is 144 Å². The number of carbonyl (C=O) groups is 7. The molecule has 0 spiro atoms. The number of aromatic amines is 2. The third-order valence-electron chi connectivity index (χ3n) is 15.3. The van der Waals surface area contributed by atoms with Gasteiger partial charge in [-0.15, -0.1) is 0 Å². The number of unbranched alkanes of at least 4 members (excludes halogenated alkanes) is 4. The largest absolute Gasteiger partial charge is 0.494 e. The molecule has 3 aliphatic rings.